The molecule has 5 nitrogen and oxygen atoms in total. The number of amides is 1. The number of piperidine rings is 1. The first-order valence-corrected chi connectivity index (χ1v) is 5.91. The lowest BCUT2D eigenvalue weighted by Crippen LogP contribution is -2.43. The second-order valence-electron chi connectivity index (χ2n) is 4.29. The van der Waals surface area contributed by atoms with Crippen LogP contribution in [-0.4, -0.2) is 51.6 Å². The van der Waals surface area contributed by atoms with E-state index in [1.54, 1.807) is 0 Å². The van der Waals surface area contributed by atoms with E-state index < -0.39 is 12.3 Å². The molecule has 2 atom stereocenters. The number of carbonyl (C=O) groups excluding carboxylic acids is 1. The van der Waals surface area contributed by atoms with Crippen molar-refractivity contribution in [1.82, 2.24) is 4.90 Å². The zero-order chi connectivity index (χ0) is 12.0. The van der Waals surface area contributed by atoms with Gasteiger partial charge in [-0.15, -0.1) is 0 Å². The van der Waals surface area contributed by atoms with E-state index in [1.165, 1.54) is 4.90 Å². The highest BCUT2D eigenvalue weighted by molar-refractivity contribution is 5.77. The Bertz CT molecular complexity index is 222. The molecule has 3 N–H and O–H groups in total. The Morgan fingerprint density at radius 2 is 2.19 bits per heavy atom. The summed E-state index contributed by atoms with van der Waals surface area (Å²) in [5.41, 5.74) is 0. The molecule has 0 spiro atoms. The summed E-state index contributed by atoms with van der Waals surface area (Å²) in [6.45, 7) is 0.323. The third kappa shape index (κ3) is 4.08. The zero-order valence-corrected chi connectivity index (χ0v) is 9.51. The molecule has 5 heteroatoms. The van der Waals surface area contributed by atoms with Crippen molar-refractivity contribution in [2.45, 2.75) is 50.9 Å². The number of likely N-dealkylation sites (tertiary alicyclic amines) is 1. The van der Waals surface area contributed by atoms with E-state index >= 15 is 0 Å². The predicted molar refractivity (Wildman–Crippen MR) is 58.5 cm³/mol. The van der Waals surface area contributed by atoms with Crippen LogP contribution in [0.5, 0.6) is 0 Å². The molecule has 0 saturated carbocycles. The van der Waals surface area contributed by atoms with E-state index in [1.807, 2.05) is 0 Å². The molecule has 94 valence electrons. The van der Waals surface area contributed by atoms with E-state index in [-0.39, 0.29) is 12.5 Å². The molecule has 1 aliphatic rings. The van der Waals surface area contributed by atoms with Gasteiger partial charge in [0.1, 0.15) is 6.23 Å². The fraction of sp³-hybridized carbons (Fsp3) is 0.909. The fourth-order valence-electron chi connectivity index (χ4n) is 1.93. The molecule has 0 aromatic rings. The van der Waals surface area contributed by atoms with Gasteiger partial charge in [0.25, 0.3) is 0 Å². The molecule has 1 saturated heterocycles. The standard InChI is InChI=1S/C11H21NO4/c13-8-9(14)4-1-2-7-12-10(15)5-3-6-11(12)16/h9-10,13-15H,1-8H2. The summed E-state index contributed by atoms with van der Waals surface area (Å²) >= 11 is 0. The molecule has 0 bridgehead atoms. The van der Waals surface area contributed by atoms with Crippen molar-refractivity contribution >= 4 is 5.91 Å². The van der Waals surface area contributed by atoms with Gasteiger partial charge in [-0.05, 0) is 32.1 Å². The van der Waals surface area contributed by atoms with E-state index in [0.717, 1.165) is 19.3 Å². The number of aliphatic hydroxyl groups is 3. The highest BCUT2D eigenvalue weighted by atomic mass is 16.3. The SMILES string of the molecule is O=C1CCCC(O)N1CCCCC(O)CO. The highest BCUT2D eigenvalue weighted by Crippen LogP contribution is 2.17. The van der Waals surface area contributed by atoms with Crippen LogP contribution in [-0.2, 0) is 4.79 Å². The van der Waals surface area contributed by atoms with Gasteiger partial charge >= 0.3 is 0 Å². The summed E-state index contributed by atoms with van der Waals surface area (Å²) in [5.74, 6) is 0.0152. The molecule has 1 fully saturated rings. The zero-order valence-electron chi connectivity index (χ0n) is 9.51. The third-order valence-electron chi connectivity index (χ3n) is 2.93. The van der Waals surface area contributed by atoms with Crippen molar-refractivity contribution in [2.75, 3.05) is 13.2 Å². The van der Waals surface area contributed by atoms with Crippen LogP contribution in [0.1, 0.15) is 38.5 Å². The Morgan fingerprint density at radius 3 is 2.81 bits per heavy atom. The molecule has 1 rings (SSSR count). The van der Waals surface area contributed by atoms with Crippen molar-refractivity contribution in [3.8, 4) is 0 Å². The average molecular weight is 231 g/mol. The van der Waals surface area contributed by atoms with Crippen molar-refractivity contribution in [3.05, 3.63) is 0 Å². The summed E-state index contributed by atoms with van der Waals surface area (Å²) < 4.78 is 0. The Kier molecular flexibility index (Phi) is 5.73. The number of rotatable bonds is 6. The minimum Gasteiger partial charge on any atom is -0.394 e. The van der Waals surface area contributed by atoms with Crippen LogP contribution in [0.4, 0.5) is 0 Å². The van der Waals surface area contributed by atoms with Crippen molar-refractivity contribution in [1.29, 1.82) is 0 Å². The molecule has 2 unspecified atom stereocenters. The summed E-state index contributed by atoms with van der Waals surface area (Å²) in [7, 11) is 0. The summed E-state index contributed by atoms with van der Waals surface area (Å²) in [6.07, 6.45) is 2.68. The van der Waals surface area contributed by atoms with E-state index in [9.17, 15) is 9.90 Å². The molecule has 0 aliphatic carbocycles. The lowest BCUT2D eigenvalue weighted by Gasteiger charge is -2.32. The molecule has 1 aliphatic heterocycles. The minimum atomic E-state index is -0.665. The quantitative estimate of drug-likeness (QED) is 0.555. The summed E-state index contributed by atoms with van der Waals surface area (Å²) in [4.78, 5) is 13.0. The maximum Gasteiger partial charge on any atom is 0.224 e. The van der Waals surface area contributed by atoms with Gasteiger partial charge in [0.15, 0.2) is 0 Å². The number of nitrogens with zero attached hydrogens (tertiary/aromatic N) is 1. The first-order valence-electron chi connectivity index (χ1n) is 5.91. The van der Waals surface area contributed by atoms with Crippen molar-refractivity contribution in [3.63, 3.8) is 0 Å². The highest BCUT2D eigenvalue weighted by Gasteiger charge is 2.25. The lowest BCUT2D eigenvalue weighted by atomic mass is 10.1. The van der Waals surface area contributed by atoms with Crippen LogP contribution in [0.2, 0.25) is 0 Å². The monoisotopic (exact) mass is 231 g/mol. The van der Waals surface area contributed by atoms with Crippen LogP contribution in [0.15, 0.2) is 0 Å². The minimum absolute atomic E-state index is 0.0152. The Morgan fingerprint density at radius 1 is 1.44 bits per heavy atom. The normalized spacial score (nSPS) is 23.6. The van der Waals surface area contributed by atoms with E-state index in [4.69, 9.17) is 10.2 Å². The van der Waals surface area contributed by atoms with Crippen LogP contribution in [0, 0.1) is 0 Å². The van der Waals surface area contributed by atoms with Gasteiger partial charge in [0.2, 0.25) is 5.91 Å². The molecule has 1 heterocycles. The van der Waals surface area contributed by atoms with Gasteiger partial charge in [-0.3, -0.25) is 4.79 Å². The second-order valence-corrected chi connectivity index (χ2v) is 4.29. The number of carbonyl (C=O) groups is 1. The third-order valence-corrected chi connectivity index (χ3v) is 2.93. The lowest BCUT2D eigenvalue weighted by molar-refractivity contribution is -0.146. The number of hydrogen-bond donors (Lipinski definition) is 3. The Labute approximate surface area is 95.7 Å². The summed E-state index contributed by atoms with van der Waals surface area (Å²) in [6, 6.07) is 0. The van der Waals surface area contributed by atoms with Gasteiger partial charge in [0.05, 0.1) is 12.7 Å². The van der Waals surface area contributed by atoms with Crippen LogP contribution < -0.4 is 0 Å². The number of hydrogen-bond acceptors (Lipinski definition) is 4. The van der Waals surface area contributed by atoms with E-state index in [2.05, 4.69) is 0 Å². The van der Waals surface area contributed by atoms with Crippen LogP contribution in [0.3, 0.4) is 0 Å². The van der Waals surface area contributed by atoms with Gasteiger partial charge in [-0.1, -0.05) is 0 Å². The Hall–Kier alpha value is -0.650. The fourth-order valence-corrected chi connectivity index (χ4v) is 1.93. The molecule has 16 heavy (non-hydrogen) atoms. The Balaban J connectivity index is 2.18. The number of unbranched alkanes of at least 4 members (excludes halogenated alkanes) is 1. The maximum absolute atomic E-state index is 11.5. The van der Waals surface area contributed by atoms with E-state index in [0.29, 0.717) is 25.8 Å². The molecular formula is C11H21NO4. The largest absolute Gasteiger partial charge is 0.394 e. The molecule has 0 radical (unpaired) electrons. The first-order chi connectivity index (χ1) is 7.65. The van der Waals surface area contributed by atoms with Gasteiger partial charge in [-0.2, -0.15) is 0 Å². The average Bonchev–Trinajstić information content (AvgIpc) is 2.27. The maximum atomic E-state index is 11.5. The molecular weight excluding hydrogens is 210 g/mol. The molecule has 1 amide bonds. The second kappa shape index (κ2) is 6.83. The van der Waals surface area contributed by atoms with Crippen LogP contribution in [0.25, 0.3) is 0 Å². The van der Waals surface area contributed by atoms with Gasteiger partial charge in [0, 0.05) is 13.0 Å². The molecule has 0 aromatic carbocycles. The predicted octanol–water partition coefficient (Wildman–Crippen LogP) is -0.159. The van der Waals surface area contributed by atoms with Gasteiger partial charge in [-0.25, -0.2) is 0 Å². The van der Waals surface area contributed by atoms with Crippen molar-refractivity contribution < 1.29 is 20.1 Å². The topological polar surface area (TPSA) is 81.0 Å². The molecule has 0 aromatic heterocycles. The first kappa shape index (κ1) is 13.4. The van der Waals surface area contributed by atoms with Crippen molar-refractivity contribution in [2.24, 2.45) is 0 Å². The summed E-state index contributed by atoms with van der Waals surface area (Å²) in [5, 5.41) is 27.3. The van der Waals surface area contributed by atoms with Gasteiger partial charge < -0.3 is 20.2 Å². The smallest absolute Gasteiger partial charge is 0.224 e. The number of aliphatic hydroxyl groups excluding tert-OH is 3. The van der Waals surface area contributed by atoms with Crippen LogP contribution >= 0.6 is 0 Å².